The van der Waals surface area contributed by atoms with Gasteiger partial charge in [0.05, 0.1) is 0 Å². The summed E-state index contributed by atoms with van der Waals surface area (Å²) in [5, 5.41) is 0.529. The van der Waals surface area contributed by atoms with Crippen molar-refractivity contribution in [2.24, 2.45) is 0 Å². The van der Waals surface area contributed by atoms with Crippen LogP contribution >= 0.6 is 11.6 Å². The number of pyridine rings is 1. The van der Waals surface area contributed by atoms with Gasteiger partial charge in [-0.05, 0) is 24.6 Å². The van der Waals surface area contributed by atoms with Gasteiger partial charge in [0, 0.05) is 11.8 Å². The van der Waals surface area contributed by atoms with E-state index >= 15 is 0 Å². The third kappa shape index (κ3) is 1.94. The standard InChI is InChI=1S/C12H10ClN/c1-9-3-2-4-10(7-9)11-5-6-12(13)14-8-11/h2-8H,1H3. The smallest absolute Gasteiger partial charge is 0.129 e. The minimum absolute atomic E-state index is 0.529. The van der Waals surface area contributed by atoms with E-state index in [1.54, 1.807) is 12.3 Å². The minimum Gasteiger partial charge on any atom is -0.244 e. The van der Waals surface area contributed by atoms with E-state index in [1.807, 2.05) is 12.1 Å². The summed E-state index contributed by atoms with van der Waals surface area (Å²) >= 11 is 5.72. The zero-order valence-corrected chi connectivity index (χ0v) is 8.62. The molecule has 0 bridgehead atoms. The largest absolute Gasteiger partial charge is 0.244 e. The second kappa shape index (κ2) is 3.81. The van der Waals surface area contributed by atoms with Crippen LogP contribution in [0.4, 0.5) is 0 Å². The van der Waals surface area contributed by atoms with Gasteiger partial charge in [0.2, 0.25) is 0 Å². The van der Waals surface area contributed by atoms with Crippen molar-refractivity contribution in [2.75, 3.05) is 0 Å². The van der Waals surface area contributed by atoms with Gasteiger partial charge < -0.3 is 0 Å². The molecule has 2 heteroatoms. The maximum absolute atomic E-state index is 5.72. The lowest BCUT2D eigenvalue weighted by atomic mass is 10.1. The summed E-state index contributed by atoms with van der Waals surface area (Å²) in [6.07, 6.45) is 1.79. The molecule has 0 atom stereocenters. The number of nitrogens with zero attached hydrogens (tertiary/aromatic N) is 1. The van der Waals surface area contributed by atoms with Crippen LogP contribution in [-0.4, -0.2) is 4.98 Å². The number of aromatic nitrogens is 1. The van der Waals surface area contributed by atoms with Crippen molar-refractivity contribution < 1.29 is 0 Å². The highest BCUT2D eigenvalue weighted by molar-refractivity contribution is 6.29. The third-order valence-corrected chi connectivity index (χ3v) is 2.30. The van der Waals surface area contributed by atoms with Crippen LogP contribution in [0.15, 0.2) is 42.6 Å². The van der Waals surface area contributed by atoms with Crippen molar-refractivity contribution in [2.45, 2.75) is 6.92 Å². The van der Waals surface area contributed by atoms with Crippen LogP contribution in [0.2, 0.25) is 5.15 Å². The van der Waals surface area contributed by atoms with E-state index in [0.29, 0.717) is 5.15 Å². The molecule has 0 N–H and O–H groups in total. The molecular formula is C12H10ClN. The number of hydrogen-bond donors (Lipinski definition) is 0. The second-order valence-electron chi connectivity index (χ2n) is 3.24. The van der Waals surface area contributed by atoms with Crippen LogP contribution < -0.4 is 0 Å². The molecule has 0 radical (unpaired) electrons. The second-order valence-corrected chi connectivity index (χ2v) is 3.63. The molecule has 1 aromatic heterocycles. The molecule has 0 aliphatic carbocycles. The number of benzene rings is 1. The molecule has 0 saturated heterocycles. The lowest BCUT2D eigenvalue weighted by Crippen LogP contribution is -1.81. The SMILES string of the molecule is Cc1cccc(-c2ccc(Cl)nc2)c1. The van der Waals surface area contributed by atoms with Crippen LogP contribution in [0, 0.1) is 6.92 Å². The lowest BCUT2D eigenvalue weighted by Gasteiger charge is -2.01. The van der Waals surface area contributed by atoms with Crippen molar-refractivity contribution in [3.8, 4) is 11.1 Å². The first-order valence-corrected chi connectivity index (χ1v) is 4.82. The Kier molecular flexibility index (Phi) is 2.51. The van der Waals surface area contributed by atoms with Gasteiger partial charge in [-0.15, -0.1) is 0 Å². The number of hydrogen-bond acceptors (Lipinski definition) is 1. The van der Waals surface area contributed by atoms with Gasteiger partial charge in [-0.25, -0.2) is 4.98 Å². The molecule has 14 heavy (non-hydrogen) atoms. The van der Waals surface area contributed by atoms with Crippen molar-refractivity contribution >= 4 is 11.6 Å². The molecule has 0 spiro atoms. The van der Waals surface area contributed by atoms with Gasteiger partial charge in [0.15, 0.2) is 0 Å². The Morgan fingerprint density at radius 3 is 2.57 bits per heavy atom. The zero-order valence-electron chi connectivity index (χ0n) is 7.87. The molecule has 0 aliphatic heterocycles. The minimum atomic E-state index is 0.529. The van der Waals surface area contributed by atoms with Crippen molar-refractivity contribution in [3.05, 3.63) is 53.3 Å². The number of halogens is 1. The first kappa shape index (κ1) is 9.22. The summed E-state index contributed by atoms with van der Waals surface area (Å²) in [6, 6.07) is 12.1. The number of rotatable bonds is 1. The average molecular weight is 204 g/mol. The normalized spacial score (nSPS) is 10.1. The fraction of sp³-hybridized carbons (Fsp3) is 0.0833. The Balaban J connectivity index is 2.44. The first-order valence-electron chi connectivity index (χ1n) is 4.44. The van der Waals surface area contributed by atoms with Crippen LogP contribution in [0.3, 0.4) is 0 Å². The van der Waals surface area contributed by atoms with Crippen molar-refractivity contribution in [1.82, 2.24) is 4.98 Å². The van der Waals surface area contributed by atoms with E-state index in [2.05, 4.69) is 30.1 Å². The Hall–Kier alpha value is -1.34. The Morgan fingerprint density at radius 2 is 1.93 bits per heavy atom. The molecule has 2 rings (SSSR count). The Morgan fingerprint density at radius 1 is 1.07 bits per heavy atom. The molecule has 0 fully saturated rings. The average Bonchev–Trinajstić information content (AvgIpc) is 2.19. The highest BCUT2D eigenvalue weighted by Gasteiger charge is 1.97. The maximum Gasteiger partial charge on any atom is 0.129 e. The number of aryl methyl sites for hydroxylation is 1. The predicted molar refractivity (Wildman–Crippen MR) is 59.4 cm³/mol. The summed E-state index contributed by atoms with van der Waals surface area (Å²) in [4.78, 5) is 4.05. The molecule has 2 aromatic rings. The first-order chi connectivity index (χ1) is 6.75. The zero-order chi connectivity index (χ0) is 9.97. The van der Waals surface area contributed by atoms with E-state index in [0.717, 1.165) is 5.56 Å². The highest BCUT2D eigenvalue weighted by atomic mass is 35.5. The molecule has 0 unspecified atom stereocenters. The van der Waals surface area contributed by atoms with Gasteiger partial charge in [-0.3, -0.25) is 0 Å². The van der Waals surface area contributed by atoms with Gasteiger partial charge >= 0.3 is 0 Å². The van der Waals surface area contributed by atoms with Crippen molar-refractivity contribution in [1.29, 1.82) is 0 Å². The molecule has 1 aromatic carbocycles. The topological polar surface area (TPSA) is 12.9 Å². The fourth-order valence-corrected chi connectivity index (χ4v) is 1.48. The molecule has 1 heterocycles. The van der Waals surface area contributed by atoms with E-state index in [1.165, 1.54) is 11.1 Å². The quantitative estimate of drug-likeness (QED) is 0.644. The van der Waals surface area contributed by atoms with Crippen molar-refractivity contribution in [3.63, 3.8) is 0 Å². The predicted octanol–water partition coefficient (Wildman–Crippen LogP) is 3.71. The molecule has 0 saturated carbocycles. The summed E-state index contributed by atoms with van der Waals surface area (Å²) in [5.41, 5.74) is 3.52. The fourth-order valence-electron chi connectivity index (χ4n) is 1.37. The van der Waals surface area contributed by atoms with Crippen LogP contribution in [-0.2, 0) is 0 Å². The van der Waals surface area contributed by atoms with Crippen LogP contribution in [0.5, 0.6) is 0 Å². The Labute approximate surface area is 88.4 Å². The molecule has 0 aliphatic rings. The van der Waals surface area contributed by atoms with Gasteiger partial charge in [-0.1, -0.05) is 41.4 Å². The Bertz CT molecular complexity index is 434. The summed E-state index contributed by atoms with van der Waals surface area (Å²) in [6.45, 7) is 2.08. The van der Waals surface area contributed by atoms with Crippen LogP contribution in [0.1, 0.15) is 5.56 Å². The maximum atomic E-state index is 5.72. The van der Waals surface area contributed by atoms with E-state index in [-0.39, 0.29) is 0 Å². The molecule has 70 valence electrons. The van der Waals surface area contributed by atoms with Gasteiger partial charge in [0.25, 0.3) is 0 Å². The summed E-state index contributed by atoms with van der Waals surface area (Å²) < 4.78 is 0. The third-order valence-electron chi connectivity index (χ3n) is 2.08. The monoisotopic (exact) mass is 203 g/mol. The molecular weight excluding hydrogens is 194 g/mol. The molecule has 0 amide bonds. The summed E-state index contributed by atoms with van der Waals surface area (Å²) in [7, 11) is 0. The highest BCUT2D eigenvalue weighted by Crippen LogP contribution is 2.20. The summed E-state index contributed by atoms with van der Waals surface area (Å²) in [5.74, 6) is 0. The van der Waals surface area contributed by atoms with Crippen LogP contribution in [0.25, 0.3) is 11.1 Å². The van der Waals surface area contributed by atoms with Gasteiger partial charge in [-0.2, -0.15) is 0 Å². The van der Waals surface area contributed by atoms with E-state index < -0.39 is 0 Å². The molecule has 1 nitrogen and oxygen atoms in total. The van der Waals surface area contributed by atoms with E-state index in [4.69, 9.17) is 11.6 Å². The van der Waals surface area contributed by atoms with Gasteiger partial charge in [0.1, 0.15) is 5.15 Å². The van der Waals surface area contributed by atoms with E-state index in [9.17, 15) is 0 Å². The lowest BCUT2D eigenvalue weighted by molar-refractivity contribution is 1.32.